The first-order chi connectivity index (χ1) is 13.6. The van der Waals surface area contributed by atoms with Gasteiger partial charge in [-0.1, -0.05) is 36.4 Å². The van der Waals surface area contributed by atoms with E-state index in [1.165, 1.54) is 11.1 Å². The van der Waals surface area contributed by atoms with Crippen molar-refractivity contribution in [3.63, 3.8) is 0 Å². The number of hydrogen-bond donors (Lipinski definition) is 0. The van der Waals surface area contributed by atoms with Crippen LogP contribution in [0.5, 0.6) is 0 Å². The number of likely N-dealkylation sites (N-methyl/N-ethyl adjacent to an activating group) is 2. The molecule has 1 aromatic heterocycles. The van der Waals surface area contributed by atoms with Gasteiger partial charge < -0.3 is 4.90 Å². The lowest BCUT2D eigenvalue weighted by Gasteiger charge is -2.36. The third kappa shape index (κ3) is 3.99. The molecular formula is C23H26N4O. The van der Waals surface area contributed by atoms with Gasteiger partial charge in [-0.2, -0.15) is 5.10 Å². The molecule has 1 amide bonds. The Labute approximate surface area is 166 Å². The molecule has 2 heterocycles. The number of fused-ring (bicyclic) bond motifs is 1. The summed E-state index contributed by atoms with van der Waals surface area (Å²) in [4.78, 5) is 17.2. The molecule has 0 spiro atoms. The third-order valence-electron chi connectivity index (χ3n) is 5.53. The molecule has 4 rings (SSSR count). The molecule has 1 aliphatic rings. The normalized spacial score (nSPS) is 16.6. The predicted octanol–water partition coefficient (Wildman–Crippen LogP) is 3.06. The Hall–Kier alpha value is -2.92. The number of benzene rings is 2. The van der Waals surface area contributed by atoms with E-state index in [2.05, 4.69) is 41.3 Å². The number of hydrogen-bond acceptors (Lipinski definition) is 3. The van der Waals surface area contributed by atoms with Crippen molar-refractivity contribution in [3.05, 3.63) is 89.2 Å². The maximum atomic E-state index is 13.0. The van der Waals surface area contributed by atoms with Gasteiger partial charge in [-0.25, -0.2) is 0 Å². The van der Waals surface area contributed by atoms with E-state index in [1.54, 1.807) is 6.20 Å². The predicted molar refractivity (Wildman–Crippen MR) is 110 cm³/mol. The van der Waals surface area contributed by atoms with Crippen LogP contribution in [0.3, 0.4) is 0 Å². The minimum atomic E-state index is 0.0644. The zero-order valence-electron chi connectivity index (χ0n) is 16.5. The van der Waals surface area contributed by atoms with Crippen molar-refractivity contribution < 1.29 is 4.79 Å². The number of carbonyl (C=O) groups excluding carboxylic acids is 1. The van der Waals surface area contributed by atoms with E-state index in [4.69, 9.17) is 0 Å². The second-order valence-electron chi connectivity index (χ2n) is 7.63. The molecular weight excluding hydrogens is 348 g/mol. The molecule has 28 heavy (non-hydrogen) atoms. The Kier molecular flexibility index (Phi) is 5.26. The molecule has 2 aromatic carbocycles. The highest BCUT2D eigenvalue weighted by atomic mass is 16.2. The number of aromatic nitrogens is 2. The molecule has 1 aliphatic heterocycles. The molecule has 0 N–H and O–H groups in total. The first kappa shape index (κ1) is 18.4. The van der Waals surface area contributed by atoms with Crippen LogP contribution in [0.2, 0.25) is 0 Å². The van der Waals surface area contributed by atoms with Crippen LogP contribution in [0.25, 0.3) is 0 Å². The van der Waals surface area contributed by atoms with Crippen molar-refractivity contribution in [2.45, 2.75) is 25.6 Å². The van der Waals surface area contributed by atoms with Crippen LogP contribution < -0.4 is 0 Å². The molecule has 0 bridgehead atoms. The molecule has 5 nitrogen and oxygen atoms in total. The summed E-state index contributed by atoms with van der Waals surface area (Å²) >= 11 is 0. The summed E-state index contributed by atoms with van der Waals surface area (Å²) in [6, 6.07) is 18.7. The van der Waals surface area contributed by atoms with Crippen molar-refractivity contribution in [2.75, 3.05) is 20.6 Å². The number of amides is 1. The maximum absolute atomic E-state index is 13.0. The van der Waals surface area contributed by atoms with Crippen LogP contribution in [0.4, 0.5) is 0 Å². The minimum absolute atomic E-state index is 0.0644. The number of nitrogens with zero attached hydrogens (tertiary/aromatic N) is 4. The van der Waals surface area contributed by atoms with E-state index >= 15 is 0 Å². The summed E-state index contributed by atoms with van der Waals surface area (Å²) in [6.07, 6.45) is 4.67. The SMILES string of the molecule is CN(CC1Cc2ccccc2CN1C)C(=O)c1cccc(Cn2cccn2)c1. The first-order valence-electron chi connectivity index (χ1n) is 9.69. The Balaban J connectivity index is 1.44. The zero-order chi connectivity index (χ0) is 19.5. The molecule has 1 unspecified atom stereocenters. The minimum Gasteiger partial charge on any atom is -0.340 e. The van der Waals surface area contributed by atoms with Gasteiger partial charge in [0.15, 0.2) is 0 Å². The monoisotopic (exact) mass is 374 g/mol. The fourth-order valence-electron chi connectivity index (χ4n) is 3.93. The smallest absolute Gasteiger partial charge is 0.253 e. The van der Waals surface area contributed by atoms with Gasteiger partial charge in [0.1, 0.15) is 0 Å². The fourth-order valence-corrected chi connectivity index (χ4v) is 3.93. The second kappa shape index (κ2) is 7.98. The lowest BCUT2D eigenvalue weighted by atomic mass is 9.94. The van der Waals surface area contributed by atoms with E-state index in [0.717, 1.165) is 24.1 Å². The van der Waals surface area contributed by atoms with Crippen LogP contribution in [0.15, 0.2) is 67.0 Å². The molecule has 3 aromatic rings. The van der Waals surface area contributed by atoms with E-state index in [1.807, 2.05) is 53.2 Å². The van der Waals surface area contributed by atoms with Gasteiger partial charge in [-0.3, -0.25) is 14.4 Å². The summed E-state index contributed by atoms with van der Waals surface area (Å²) in [5, 5.41) is 4.24. The lowest BCUT2D eigenvalue weighted by Crippen LogP contribution is -2.46. The summed E-state index contributed by atoms with van der Waals surface area (Å²) in [5.74, 6) is 0.0644. The lowest BCUT2D eigenvalue weighted by molar-refractivity contribution is 0.0733. The summed E-state index contributed by atoms with van der Waals surface area (Å²) in [5.41, 5.74) is 4.59. The third-order valence-corrected chi connectivity index (χ3v) is 5.53. The average Bonchev–Trinajstić information content (AvgIpc) is 3.21. The standard InChI is InChI=1S/C23H26N4O/c1-25-16-21-9-4-3-8-19(21)14-22(25)17-26(2)23(28)20-10-5-7-18(13-20)15-27-12-6-11-24-27/h3-13,22H,14-17H2,1-2H3. The summed E-state index contributed by atoms with van der Waals surface area (Å²) in [7, 11) is 4.04. The van der Waals surface area contributed by atoms with E-state index in [0.29, 0.717) is 19.1 Å². The molecule has 0 aliphatic carbocycles. The van der Waals surface area contributed by atoms with Gasteiger partial charge in [0.2, 0.25) is 0 Å². The van der Waals surface area contributed by atoms with Gasteiger partial charge >= 0.3 is 0 Å². The summed E-state index contributed by atoms with van der Waals surface area (Å²) < 4.78 is 1.86. The summed E-state index contributed by atoms with van der Waals surface area (Å²) in [6.45, 7) is 2.31. The van der Waals surface area contributed by atoms with Gasteiger partial charge in [0.05, 0.1) is 6.54 Å². The van der Waals surface area contributed by atoms with Crippen LogP contribution >= 0.6 is 0 Å². The topological polar surface area (TPSA) is 41.4 Å². The van der Waals surface area contributed by atoms with Crippen LogP contribution in [-0.4, -0.2) is 52.2 Å². The number of rotatable bonds is 5. The quantitative estimate of drug-likeness (QED) is 0.689. The van der Waals surface area contributed by atoms with Gasteiger partial charge in [-0.15, -0.1) is 0 Å². The maximum Gasteiger partial charge on any atom is 0.253 e. The fraction of sp³-hybridized carbons (Fsp3) is 0.304. The molecule has 5 heteroatoms. The van der Waals surface area contributed by atoms with Crippen molar-refractivity contribution in [3.8, 4) is 0 Å². The molecule has 144 valence electrons. The highest BCUT2D eigenvalue weighted by molar-refractivity contribution is 5.94. The number of carbonyl (C=O) groups is 1. The van der Waals surface area contributed by atoms with Crippen molar-refractivity contribution in [1.82, 2.24) is 19.6 Å². The largest absolute Gasteiger partial charge is 0.340 e. The van der Waals surface area contributed by atoms with E-state index in [9.17, 15) is 4.79 Å². The van der Waals surface area contributed by atoms with Crippen molar-refractivity contribution in [2.24, 2.45) is 0 Å². The van der Waals surface area contributed by atoms with Gasteiger partial charge in [-0.05, 0) is 48.4 Å². The Morgan fingerprint density at radius 2 is 1.96 bits per heavy atom. The van der Waals surface area contributed by atoms with Crippen molar-refractivity contribution >= 4 is 5.91 Å². The van der Waals surface area contributed by atoms with E-state index in [-0.39, 0.29) is 5.91 Å². The Bertz CT molecular complexity index is 951. The van der Waals surface area contributed by atoms with Gasteiger partial charge in [0, 0.05) is 44.1 Å². The molecule has 0 fully saturated rings. The van der Waals surface area contributed by atoms with Crippen LogP contribution in [-0.2, 0) is 19.5 Å². The second-order valence-corrected chi connectivity index (χ2v) is 7.63. The highest BCUT2D eigenvalue weighted by Gasteiger charge is 2.25. The van der Waals surface area contributed by atoms with Crippen LogP contribution in [0.1, 0.15) is 27.0 Å². The Morgan fingerprint density at radius 1 is 1.14 bits per heavy atom. The molecule has 1 atom stereocenters. The molecule has 0 saturated carbocycles. The average molecular weight is 374 g/mol. The Morgan fingerprint density at radius 3 is 2.75 bits per heavy atom. The highest BCUT2D eigenvalue weighted by Crippen LogP contribution is 2.22. The van der Waals surface area contributed by atoms with Crippen LogP contribution in [0, 0.1) is 0 Å². The zero-order valence-corrected chi connectivity index (χ0v) is 16.5. The first-order valence-corrected chi connectivity index (χ1v) is 9.69. The van der Waals surface area contributed by atoms with Gasteiger partial charge in [0.25, 0.3) is 5.91 Å². The molecule has 0 saturated heterocycles. The van der Waals surface area contributed by atoms with Crippen molar-refractivity contribution in [1.29, 1.82) is 0 Å². The molecule has 0 radical (unpaired) electrons. The van der Waals surface area contributed by atoms with E-state index < -0.39 is 0 Å².